The number of hydrogen-bond acceptors (Lipinski definition) is 5. The zero-order valence-electron chi connectivity index (χ0n) is 10.2. The van der Waals surface area contributed by atoms with Gasteiger partial charge >= 0.3 is 11.9 Å². The molecule has 0 fully saturated rings. The highest BCUT2D eigenvalue weighted by Crippen LogP contribution is 2.26. The van der Waals surface area contributed by atoms with Gasteiger partial charge in [0.2, 0.25) is 0 Å². The number of carbonyl (C=O) groups is 2. The maximum atomic E-state index is 11.5. The Kier molecular flexibility index (Phi) is 5.85. The minimum absolute atomic E-state index is 0.0384. The summed E-state index contributed by atoms with van der Waals surface area (Å²) >= 11 is 9.11. The van der Waals surface area contributed by atoms with Crippen LogP contribution in [-0.4, -0.2) is 26.2 Å². The second kappa shape index (κ2) is 7.16. The second-order valence-electron chi connectivity index (χ2n) is 3.33. The molecule has 0 amide bonds. The molecule has 19 heavy (non-hydrogen) atoms. The van der Waals surface area contributed by atoms with Crippen LogP contribution >= 0.6 is 27.5 Å². The van der Waals surface area contributed by atoms with E-state index in [0.717, 1.165) is 6.08 Å². The van der Waals surface area contributed by atoms with Gasteiger partial charge in [-0.15, -0.1) is 0 Å². The van der Waals surface area contributed by atoms with Crippen molar-refractivity contribution in [3.05, 3.63) is 39.5 Å². The first-order valence-electron chi connectivity index (χ1n) is 5.08. The monoisotopic (exact) mass is 347 g/mol. The molecule has 0 atom stereocenters. The Bertz CT molecular complexity index is 530. The van der Waals surface area contributed by atoms with Gasteiger partial charge in [0.1, 0.15) is 5.70 Å². The van der Waals surface area contributed by atoms with Crippen LogP contribution in [0.25, 0.3) is 0 Å². The minimum Gasteiger partial charge on any atom is -0.466 e. The molecular formula is C12H11BrClNO4. The van der Waals surface area contributed by atoms with Gasteiger partial charge < -0.3 is 14.8 Å². The third-order valence-electron chi connectivity index (χ3n) is 2.07. The molecule has 0 spiro atoms. The molecule has 1 aromatic rings. The van der Waals surface area contributed by atoms with Crippen molar-refractivity contribution < 1.29 is 19.1 Å². The first-order valence-corrected chi connectivity index (χ1v) is 6.25. The van der Waals surface area contributed by atoms with Crippen LogP contribution in [0.1, 0.15) is 0 Å². The summed E-state index contributed by atoms with van der Waals surface area (Å²) in [6.07, 6.45) is 1.01. The summed E-state index contributed by atoms with van der Waals surface area (Å²) in [7, 11) is 2.43. The molecule has 0 aromatic heterocycles. The number of benzene rings is 1. The van der Waals surface area contributed by atoms with E-state index in [4.69, 9.17) is 11.6 Å². The molecule has 0 aliphatic rings. The topological polar surface area (TPSA) is 64.6 Å². The number of halogens is 2. The van der Waals surface area contributed by atoms with Crippen molar-refractivity contribution in [3.63, 3.8) is 0 Å². The molecule has 0 aliphatic carbocycles. The summed E-state index contributed by atoms with van der Waals surface area (Å²) in [6, 6.07) is 4.96. The van der Waals surface area contributed by atoms with E-state index in [1.54, 1.807) is 18.2 Å². The lowest BCUT2D eigenvalue weighted by Crippen LogP contribution is -2.15. The smallest absolute Gasteiger partial charge is 0.354 e. The van der Waals surface area contributed by atoms with Gasteiger partial charge in [-0.25, -0.2) is 9.59 Å². The maximum Gasteiger partial charge on any atom is 0.354 e. The molecular weight excluding hydrogens is 337 g/mol. The highest BCUT2D eigenvalue weighted by molar-refractivity contribution is 9.10. The van der Waals surface area contributed by atoms with Gasteiger partial charge in [0.15, 0.2) is 0 Å². The van der Waals surface area contributed by atoms with Crippen molar-refractivity contribution in [3.8, 4) is 0 Å². The molecule has 0 bridgehead atoms. The average molecular weight is 349 g/mol. The average Bonchev–Trinajstić information content (AvgIpc) is 2.41. The van der Waals surface area contributed by atoms with E-state index in [1.807, 2.05) is 0 Å². The second-order valence-corrected chi connectivity index (χ2v) is 4.59. The lowest BCUT2D eigenvalue weighted by atomic mass is 10.3. The van der Waals surface area contributed by atoms with Gasteiger partial charge in [0.05, 0.1) is 25.3 Å². The van der Waals surface area contributed by atoms with Crippen LogP contribution in [0, 0.1) is 0 Å². The summed E-state index contributed by atoms with van der Waals surface area (Å²) in [5.41, 5.74) is 0.528. The van der Waals surface area contributed by atoms with Crippen molar-refractivity contribution in [2.75, 3.05) is 19.5 Å². The normalized spacial score (nSPS) is 10.8. The van der Waals surface area contributed by atoms with Gasteiger partial charge in [-0.05, 0) is 34.1 Å². The van der Waals surface area contributed by atoms with Gasteiger partial charge in [-0.2, -0.15) is 0 Å². The van der Waals surface area contributed by atoms with Crippen LogP contribution in [0.15, 0.2) is 34.4 Å². The van der Waals surface area contributed by atoms with Gasteiger partial charge in [-0.3, -0.25) is 0 Å². The molecule has 0 saturated heterocycles. The van der Waals surface area contributed by atoms with Crippen LogP contribution in [0.5, 0.6) is 0 Å². The fraction of sp³-hybridized carbons (Fsp3) is 0.167. The molecule has 0 heterocycles. The Morgan fingerprint density at radius 1 is 1.32 bits per heavy atom. The Hall–Kier alpha value is -1.53. The van der Waals surface area contributed by atoms with E-state index >= 15 is 0 Å². The van der Waals surface area contributed by atoms with Crippen molar-refractivity contribution in [1.82, 2.24) is 0 Å². The molecule has 1 rings (SSSR count). The molecule has 1 N–H and O–H groups in total. The first-order chi connectivity index (χ1) is 8.97. The number of methoxy groups -OCH3 is 2. The van der Waals surface area contributed by atoms with E-state index < -0.39 is 11.9 Å². The summed E-state index contributed by atoms with van der Waals surface area (Å²) in [5.74, 6) is -1.35. The zero-order valence-corrected chi connectivity index (χ0v) is 12.5. The Morgan fingerprint density at radius 3 is 2.53 bits per heavy atom. The van der Waals surface area contributed by atoms with Crippen LogP contribution in [0.3, 0.4) is 0 Å². The quantitative estimate of drug-likeness (QED) is 0.669. The largest absolute Gasteiger partial charge is 0.466 e. The van der Waals surface area contributed by atoms with Gasteiger partial charge in [0.25, 0.3) is 0 Å². The molecule has 7 heteroatoms. The van der Waals surface area contributed by atoms with Crippen LogP contribution in [0.4, 0.5) is 5.69 Å². The SMILES string of the molecule is COC(=O)/C=C(/Nc1ccc(Cl)c(Br)c1)C(=O)OC. The molecule has 0 unspecified atom stereocenters. The van der Waals surface area contributed by atoms with E-state index in [0.29, 0.717) is 15.2 Å². The predicted molar refractivity (Wildman–Crippen MR) is 74.9 cm³/mol. The fourth-order valence-corrected chi connectivity index (χ4v) is 1.66. The predicted octanol–water partition coefficient (Wildman–Crippen LogP) is 2.74. The number of carbonyl (C=O) groups excluding carboxylic acids is 2. The van der Waals surface area contributed by atoms with Crippen LogP contribution in [0.2, 0.25) is 5.02 Å². The molecule has 0 aliphatic heterocycles. The summed E-state index contributed by atoms with van der Waals surface area (Å²) < 4.78 is 9.69. The number of esters is 2. The number of nitrogens with one attached hydrogen (secondary N) is 1. The first kappa shape index (κ1) is 15.5. The number of rotatable bonds is 4. The summed E-state index contributed by atoms with van der Waals surface area (Å²) in [4.78, 5) is 22.7. The summed E-state index contributed by atoms with van der Waals surface area (Å²) in [6.45, 7) is 0. The summed E-state index contributed by atoms with van der Waals surface area (Å²) in [5, 5.41) is 3.29. The minimum atomic E-state index is -0.684. The third-order valence-corrected chi connectivity index (χ3v) is 3.28. The highest BCUT2D eigenvalue weighted by Gasteiger charge is 2.13. The molecule has 1 aromatic carbocycles. The van der Waals surface area contributed by atoms with Crippen LogP contribution < -0.4 is 5.32 Å². The Morgan fingerprint density at radius 2 is 2.00 bits per heavy atom. The van der Waals surface area contributed by atoms with Crippen molar-refractivity contribution in [2.24, 2.45) is 0 Å². The van der Waals surface area contributed by atoms with E-state index in [2.05, 4.69) is 30.7 Å². The lowest BCUT2D eigenvalue weighted by Gasteiger charge is -2.09. The van der Waals surface area contributed by atoms with Gasteiger partial charge in [0, 0.05) is 10.2 Å². The Balaban J connectivity index is 3.00. The standard InChI is InChI=1S/C12H11BrClNO4/c1-18-11(16)6-10(12(17)19-2)15-7-3-4-9(14)8(13)5-7/h3-6,15H,1-2H3/b10-6+. The van der Waals surface area contributed by atoms with E-state index in [1.165, 1.54) is 14.2 Å². The number of hydrogen-bond donors (Lipinski definition) is 1. The fourth-order valence-electron chi connectivity index (χ4n) is 1.16. The zero-order chi connectivity index (χ0) is 14.4. The lowest BCUT2D eigenvalue weighted by molar-refractivity contribution is -0.138. The number of anilines is 1. The van der Waals surface area contributed by atoms with E-state index in [-0.39, 0.29) is 5.70 Å². The van der Waals surface area contributed by atoms with Crippen molar-refractivity contribution in [1.29, 1.82) is 0 Å². The van der Waals surface area contributed by atoms with Gasteiger partial charge in [-0.1, -0.05) is 11.6 Å². The highest BCUT2D eigenvalue weighted by atomic mass is 79.9. The third kappa shape index (κ3) is 4.57. The molecule has 102 valence electrons. The maximum absolute atomic E-state index is 11.5. The molecule has 0 radical (unpaired) electrons. The molecule has 0 saturated carbocycles. The Labute approximate surface area is 123 Å². The number of ether oxygens (including phenoxy) is 2. The van der Waals surface area contributed by atoms with Crippen molar-refractivity contribution >= 4 is 45.2 Å². The van der Waals surface area contributed by atoms with Crippen LogP contribution in [-0.2, 0) is 19.1 Å². The molecule has 5 nitrogen and oxygen atoms in total. The van der Waals surface area contributed by atoms with Crippen molar-refractivity contribution in [2.45, 2.75) is 0 Å². The van der Waals surface area contributed by atoms with E-state index in [9.17, 15) is 9.59 Å².